The van der Waals surface area contributed by atoms with Crippen LogP contribution in [0, 0.1) is 11.8 Å². The average Bonchev–Trinajstić information content (AvgIpc) is 2.78. The zero-order valence-corrected chi connectivity index (χ0v) is 13.2. The molecule has 1 aliphatic carbocycles. The molecule has 0 aromatic rings. The fraction of sp³-hybridized carbons (Fsp3) is 0.867. The molecule has 10 atom stereocenters. The van der Waals surface area contributed by atoms with Gasteiger partial charge in [-0.25, -0.2) is 0 Å². The third kappa shape index (κ3) is 2.95. The van der Waals surface area contributed by atoms with Gasteiger partial charge in [0.15, 0.2) is 6.29 Å². The van der Waals surface area contributed by atoms with E-state index in [0.29, 0.717) is 0 Å². The van der Waals surface area contributed by atoms with Crippen LogP contribution in [0.15, 0.2) is 12.3 Å². The largest absolute Gasteiger partial charge is 0.472 e. The van der Waals surface area contributed by atoms with Gasteiger partial charge in [-0.05, 0) is 13.0 Å². The van der Waals surface area contributed by atoms with Crippen LogP contribution in [-0.2, 0) is 14.2 Å². The summed E-state index contributed by atoms with van der Waals surface area (Å²) in [6.45, 7) is 0.992. The highest BCUT2D eigenvalue weighted by atomic mass is 16.8. The molecule has 0 aromatic heterocycles. The van der Waals surface area contributed by atoms with E-state index in [1.165, 1.54) is 6.26 Å². The molecule has 9 nitrogen and oxygen atoms in total. The third-order valence-electron chi connectivity index (χ3n) is 5.12. The first kappa shape index (κ1) is 18.0. The molecule has 3 rings (SSSR count). The Morgan fingerprint density at radius 2 is 1.83 bits per heavy atom. The fourth-order valence-electron chi connectivity index (χ4n) is 3.80. The van der Waals surface area contributed by atoms with Gasteiger partial charge in [-0.3, -0.25) is 0 Å². The van der Waals surface area contributed by atoms with Crippen molar-refractivity contribution in [2.45, 2.75) is 62.0 Å². The summed E-state index contributed by atoms with van der Waals surface area (Å²) in [6.07, 6.45) is -5.74. The maximum atomic E-state index is 10.5. The van der Waals surface area contributed by atoms with Gasteiger partial charge < -0.3 is 44.8 Å². The van der Waals surface area contributed by atoms with E-state index in [1.807, 2.05) is 0 Å². The molecule has 1 unspecified atom stereocenters. The van der Waals surface area contributed by atoms with Crippen molar-refractivity contribution in [3.63, 3.8) is 0 Å². The Hall–Kier alpha value is -0.780. The quantitative estimate of drug-likeness (QED) is 0.323. The minimum atomic E-state index is -1.56. The Morgan fingerprint density at radius 3 is 2.50 bits per heavy atom. The monoisotopic (exact) mass is 348 g/mol. The van der Waals surface area contributed by atoms with Gasteiger partial charge in [0.05, 0.1) is 30.5 Å². The molecule has 2 aliphatic heterocycles. The van der Waals surface area contributed by atoms with Crippen LogP contribution in [0.2, 0.25) is 0 Å². The first-order valence-corrected chi connectivity index (χ1v) is 7.95. The van der Waals surface area contributed by atoms with E-state index in [2.05, 4.69) is 0 Å². The lowest BCUT2D eigenvalue weighted by Gasteiger charge is -2.43. The van der Waals surface area contributed by atoms with E-state index in [4.69, 9.17) is 14.2 Å². The molecule has 0 bridgehead atoms. The first-order chi connectivity index (χ1) is 11.3. The van der Waals surface area contributed by atoms with Crippen LogP contribution in [0.1, 0.15) is 13.3 Å². The molecule has 0 radical (unpaired) electrons. The maximum Gasteiger partial charge on any atom is 0.207 e. The van der Waals surface area contributed by atoms with Crippen molar-refractivity contribution in [1.29, 1.82) is 0 Å². The molecule has 6 N–H and O–H groups in total. The van der Waals surface area contributed by atoms with Crippen LogP contribution in [0.25, 0.3) is 0 Å². The van der Waals surface area contributed by atoms with Crippen molar-refractivity contribution in [3.05, 3.63) is 12.3 Å². The van der Waals surface area contributed by atoms with Gasteiger partial charge in [-0.2, -0.15) is 0 Å². The summed E-state index contributed by atoms with van der Waals surface area (Å²) in [5.74, 6) is -0.992. The number of rotatable bonds is 3. The predicted molar refractivity (Wildman–Crippen MR) is 77.1 cm³/mol. The molecule has 0 spiro atoms. The van der Waals surface area contributed by atoms with E-state index >= 15 is 0 Å². The van der Waals surface area contributed by atoms with Gasteiger partial charge in [0.2, 0.25) is 6.29 Å². The van der Waals surface area contributed by atoms with Crippen molar-refractivity contribution >= 4 is 0 Å². The van der Waals surface area contributed by atoms with Gasteiger partial charge in [0.25, 0.3) is 0 Å². The van der Waals surface area contributed by atoms with Gasteiger partial charge in [0, 0.05) is 12.3 Å². The Morgan fingerprint density at radius 1 is 1.12 bits per heavy atom. The van der Waals surface area contributed by atoms with E-state index in [-0.39, 0.29) is 12.3 Å². The third-order valence-corrected chi connectivity index (χ3v) is 5.12. The lowest BCUT2D eigenvalue weighted by molar-refractivity contribution is -0.346. The summed E-state index contributed by atoms with van der Waals surface area (Å²) in [5, 5.41) is 59.5. The summed E-state index contributed by atoms with van der Waals surface area (Å²) in [5.41, 5.74) is -1.26. The van der Waals surface area contributed by atoms with Crippen molar-refractivity contribution in [2.75, 3.05) is 6.61 Å². The van der Waals surface area contributed by atoms with Crippen LogP contribution in [0.5, 0.6) is 0 Å². The minimum absolute atomic E-state index is 0.143. The summed E-state index contributed by atoms with van der Waals surface area (Å²) < 4.78 is 16.3. The van der Waals surface area contributed by atoms with E-state index in [1.54, 1.807) is 13.0 Å². The molecule has 2 heterocycles. The van der Waals surface area contributed by atoms with E-state index < -0.39 is 61.2 Å². The number of fused-ring (bicyclic) bond motifs is 1. The van der Waals surface area contributed by atoms with Gasteiger partial charge >= 0.3 is 0 Å². The smallest absolute Gasteiger partial charge is 0.207 e. The normalized spacial score (nSPS) is 54.4. The van der Waals surface area contributed by atoms with E-state index in [0.717, 1.165) is 0 Å². The van der Waals surface area contributed by atoms with Crippen molar-refractivity contribution in [1.82, 2.24) is 0 Å². The van der Waals surface area contributed by atoms with Crippen molar-refractivity contribution in [2.24, 2.45) is 11.8 Å². The predicted octanol–water partition coefficient (Wildman–Crippen LogP) is -2.58. The SMILES string of the molecule is C[C@]1(O)CC(O)[C@@H]2C=CO[C@@H](O[C@@H]3O[C@H](CO)[C@@H](O)[C@@H](O)[C@H]3O)[C@@H]21. The molecule has 2 fully saturated rings. The Bertz CT molecular complexity index is 480. The second kappa shape index (κ2) is 6.50. The Balaban J connectivity index is 1.76. The van der Waals surface area contributed by atoms with Gasteiger partial charge in [-0.15, -0.1) is 0 Å². The molecule has 9 heteroatoms. The number of aliphatic hydroxyl groups is 6. The Kier molecular flexibility index (Phi) is 4.89. The van der Waals surface area contributed by atoms with Crippen molar-refractivity contribution in [3.8, 4) is 0 Å². The topological polar surface area (TPSA) is 149 Å². The number of hydrogen-bond acceptors (Lipinski definition) is 9. The lowest BCUT2D eigenvalue weighted by atomic mass is 9.85. The Labute approximate surface area is 138 Å². The highest BCUT2D eigenvalue weighted by Crippen LogP contribution is 2.46. The fourth-order valence-corrected chi connectivity index (χ4v) is 3.80. The molecule has 138 valence electrons. The van der Waals surface area contributed by atoms with Crippen LogP contribution in [0.3, 0.4) is 0 Å². The maximum absolute atomic E-state index is 10.5. The highest BCUT2D eigenvalue weighted by molar-refractivity contribution is 5.10. The standard InChI is InChI=1S/C15H24O9/c1-15(21)4-7(17)6-2-3-22-13(9(6)15)24-14-12(20)11(19)10(18)8(5-16)23-14/h2-3,6-14,16-21H,4-5H2,1H3/t6-,7?,8+,9+,10+,11+,12+,13-,14-,15-/m0/s1. The second-order valence-corrected chi connectivity index (χ2v) is 6.90. The van der Waals surface area contributed by atoms with Crippen molar-refractivity contribution < 1.29 is 44.8 Å². The molecule has 0 amide bonds. The summed E-state index contributed by atoms with van der Waals surface area (Å²) >= 11 is 0. The second-order valence-electron chi connectivity index (χ2n) is 6.90. The zero-order chi connectivity index (χ0) is 17.6. The van der Waals surface area contributed by atoms with E-state index in [9.17, 15) is 30.6 Å². The summed E-state index contributed by atoms with van der Waals surface area (Å²) in [7, 11) is 0. The molecular formula is C15H24O9. The van der Waals surface area contributed by atoms with Gasteiger partial charge in [-0.1, -0.05) is 0 Å². The zero-order valence-electron chi connectivity index (χ0n) is 13.2. The summed E-state index contributed by atoms with van der Waals surface area (Å²) in [6, 6.07) is 0. The van der Waals surface area contributed by atoms with Crippen LogP contribution in [0.4, 0.5) is 0 Å². The molecular weight excluding hydrogens is 324 g/mol. The lowest BCUT2D eigenvalue weighted by Crippen LogP contribution is -2.60. The molecule has 1 saturated heterocycles. The van der Waals surface area contributed by atoms with Crippen LogP contribution >= 0.6 is 0 Å². The van der Waals surface area contributed by atoms with Gasteiger partial charge in [0.1, 0.15) is 24.4 Å². The average molecular weight is 348 g/mol. The number of hydrogen-bond donors (Lipinski definition) is 6. The van der Waals surface area contributed by atoms with Crippen LogP contribution < -0.4 is 0 Å². The molecule has 24 heavy (non-hydrogen) atoms. The molecule has 1 saturated carbocycles. The molecule has 3 aliphatic rings. The number of aliphatic hydroxyl groups excluding tert-OH is 5. The summed E-state index contributed by atoms with van der Waals surface area (Å²) in [4.78, 5) is 0. The minimum Gasteiger partial charge on any atom is -0.472 e. The highest BCUT2D eigenvalue weighted by Gasteiger charge is 2.56. The number of ether oxygens (including phenoxy) is 3. The molecule has 0 aromatic carbocycles. The van der Waals surface area contributed by atoms with Crippen LogP contribution in [-0.4, -0.2) is 85.9 Å². The first-order valence-electron chi connectivity index (χ1n) is 7.95.